The third-order valence-electron chi connectivity index (χ3n) is 6.19. The number of hydrogen-bond acceptors (Lipinski definition) is 5. The van der Waals surface area contributed by atoms with Crippen LogP contribution in [0.25, 0.3) is 0 Å². The molecule has 0 spiro atoms. The van der Waals surface area contributed by atoms with E-state index in [0.29, 0.717) is 18.8 Å². The van der Waals surface area contributed by atoms with Gasteiger partial charge in [0.25, 0.3) is 0 Å². The Bertz CT molecular complexity index is 975. The van der Waals surface area contributed by atoms with Crippen LogP contribution in [0.15, 0.2) is 42.5 Å². The molecule has 1 saturated heterocycles. The van der Waals surface area contributed by atoms with Crippen molar-refractivity contribution < 1.29 is 23.8 Å². The van der Waals surface area contributed by atoms with Gasteiger partial charge in [0.2, 0.25) is 18.6 Å². The zero-order chi connectivity index (χ0) is 22.7. The molecule has 0 N–H and O–H groups in total. The van der Waals surface area contributed by atoms with Crippen LogP contribution in [0.4, 0.5) is 0 Å². The molecule has 0 radical (unpaired) electrons. The summed E-state index contributed by atoms with van der Waals surface area (Å²) < 4.78 is 16.1. The number of likely N-dealkylation sites (tertiary alicyclic amines) is 1. The molecule has 2 aliphatic rings. The lowest BCUT2D eigenvalue weighted by molar-refractivity contribution is -0.135. The zero-order valence-electron chi connectivity index (χ0n) is 18.9. The summed E-state index contributed by atoms with van der Waals surface area (Å²) in [5, 5.41) is 0. The number of carbonyl (C=O) groups excluding carboxylic acids is 2. The quantitative estimate of drug-likeness (QED) is 0.628. The zero-order valence-corrected chi connectivity index (χ0v) is 18.9. The smallest absolute Gasteiger partial charge is 0.231 e. The van der Waals surface area contributed by atoms with E-state index in [0.717, 1.165) is 35.5 Å². The van der Waals surface area contributed by atoms with Crippen LogP contribution in [0.1, 0.15) is 43.4 Å². The molecule has 2 heterocycles. The third-order valence-corrected chi connectivity index (χ3v) is 6.19. The van der Waals surface area contributed by atoms with Crippen LogP contribution >= 0.6 is 0 Å². The number of nitrogens with zero attached hydrogens (tertiary/aromatic N) is 2. The van der Waals surface area contributed by atoms with Gasteiger partial charge in [0.1, 0.15) is 5.75 Å². The summed E-state index contributed by atoms with van der Waals surface area (Å²) in [6.07, 6.45) is 2.12. The SMILES string of the molecule is CCCCN1C(=O)C[C@H](C(=O)N(C)Cc2ccc3c(c2)OCO3)[C@@H]1c1ccc(OC)cc1. The summed E-state index contributed by atoms with van der Waals surface area (Å²) in [4.78, 5) is 30.0. The lowest BCUT2D eigenvalue weighted by Crippen LogP contribution is -2.37. The van der Waals surface area contributed by atoms with Gasteiger partial charge in [-0.15, -0.1) is 0 Å². The van der Waals surface area contributed by atoms with Crippen LogP contribution in [0.3, 0.4) is 0 Å². The summed E-state index contributed by atoms with van der Waals surface area (Å²) in [5.41, 5.74) is 1.92. The number of carbonyl (C=O) groups is 2. The molecule has 7 nitrogen and oxygen atoms in total. The summed E-state index contributed by atoms with van der Waals surface area (Å²) in [7, 11) is 3.41. The highest BCUT2D eigenvalue weighted by atomic mass is 16.7. The summed E-state index contributed by atoms with van der Waals surface area (Å²) >= 11 is 0. The average molecular weight is 439 g/mol. The Hall–Kier alpha value is -3.22. The maximum Gasteiger partial charge on any atom is 0.231 e. The van der Waals surface area contributed by atoms with Gasteiger partial charge >= 0.3 is 0 Å². The highest BCUT2D eigenvalue weighted by Crippen LogP contribution is 2.40. The highest BCUT2D eigenvalue weighted by molar-refractivity contribution is 5.90. The van der Waals surface area contributed by atoms with Crippen molar-refractivity contribution in [2.45, 2.75) is 38.8 Å². The van der Waals surface area contributed by atoms with E-state index in [2.05, 4.69) is 6.92 Å². The molecule has 0 saturated carbocycles. The van der Waals surface area contributed by atoms with Gasteiger partial charge in [-0.05, 0) is 41.8 Å². The number of hydrogen-bond donors (Lipinski definition) is 0. The number of ether oxygens (including phenoxy) is 3. The van der Waals surface area contributed by atoms with Gasteiger partial charge in [-0.1, -0.05) is 31.5 Å². The second-order valence-corrected chi connectivity index (χ2v) is 8.35. The first-order valence-electron chi connectivity index (χ1n) is 11.1. The fraction of sp³-hybridized carbons (Fsp3) is 0.440. The van der Waals surface area contributed by atoms with Gasteiger partial charge in [-0.2, -0.15) is 0 Å². The van der Waals surface area contributed by atoms with Gasteiger partial charge < -0.3 is 24.0 Å². The Kier molecular flexibility index (Phi) is 6.53. The van der Waals surface area contributed by atoms with Gasteiger partial charge in [0, 0.05) is 26.6 Å². The molecule has 2 aromatic rings. The van der Waals surface area contributed by atoms with E-state index < -0.39 is 5.92 Å². The molecular formula is C25H30N2O5. The fourth-order valence-electron chi connectivity index (χ4n) is 4.49. The van der Waals surface area contributed by atoms with E-state index in [-0.39, 0.29) is 31.1 Å². The first-order chi connectivity index (χ1) is 15.5. The molecule has 32 heavy (non-hydrogen) atoms. The number of methoxy groups -OCH3 is 1. The number of benzene rings is 2. The first-order valence-corrected chi connectivity index (χ1v) is 11.1. The van der Waals surface area contributed by atoms with E-state index in [1.807, 2.05) is 47.4 Å². The normalized spacial score (nSPS) is 19.3. The number of unbranched alkanes of at least 4 members (excludes halogenated alkanes) is 1. The van der Waals surface area contributed by atoms with Gasteiger partial charge in [0.15, 0.2) is 11.5 Å². The molecule has 0 aliphatic carbocycles. The van der Waals surface area contributed by atoms with Crippen LogP contribution < -0.4 is 14.2 Å². The molecule has 4 rings (SSSR count). The topological polar surface area (TPSA) is 68.3 Å². The van der Waals surface area contributed by atoms with Crippen molar-refractivity contribution in [3.63, 3.8) is 0 Å². The van der Waals surface area contributed by atoms with E-state index >= 15 is 0 Å². The average Bonchev–Trinajstić information content (AvgIpc) is 3.40. The van der Waals surface area contributed by atoms with Crippen LogP contribution in [-0.2, 0) is 16.1 Å². The standard InChI is InChI=1S/C25H30N2O5/c1-4-5-12-27-23(28)14-20(24(27)18-7-9-19(30-3)10-8-18)25(29)26(2)15-17-6-11-21-22(13-17)32-16-31-21/h6-11,13,20,24H,4-5,12,14-16H2,1-3H3/t20-,24-/m0/s1. The molecule has 7 heteroatoms. The van der Waals surface area contributed by atoms with Crippen LogP contribution in [0.5, 0.6) is 17.2 Å². The highest BCUT2D eigenvalue weighted by Gasteiger charge is 2.45. The summed E-state index contributed by atoms with van der Waals surface area (Å²) in [6.45, 7) is 3.41. The number of amides is 2. The van der Waals surface area contributed by atoms with Gasteiger partial charge in [-0.3, -0.25) is 9.59 Å². The molecule has 1 fully saturated rings. The van der Waals surface area contributed by atoms with Crippen molar-refractivity contribution in [2.24, 2.45) is 5.92 Å². The Morgan fingerprint density at radius 3 is 2.62 bits per heavy atom. The fourth-order valence-corrected chi connectivity index (χ4v) is 4.49. The minimum absolute atomic E-state index is 0.0316. The maximum absolute atomic E-state index is 13.5. The Balaban J connectivity index is 1.55. The van der Waals surface area contributed by atoms with Gasteiger partial charge in [-0.25, -0.2) is 0 Å². The molecule has 170 valence electrons. The maximum atomic E-state index is 13.5. The van der Waals surface area contributed by atoms with Crippen LogP contribution in [0.2, 0.25) is 0 Å². The van der Waals surface area contributed by atoms with Gasteiger partial charge in [0.05, 0.1) is 19.1 Å². The summed E-state index contributed by atoms with van der Waals surface area (Å²) in [6, 6.07) is 13.1. The second-order valence-electron chi connectivity index (χ2n) is 8.35. The largest absolute Gasteiger partial charge is 0.497 e. The molecule has 0 bridgehead atoms. The van der Waals surface area contributed by atoms with E-state index in [9.17, 15) is 9.59 Å². The van der Waals surface area contributed by atoms with Crippen molar-refractivity contribution in [1.82, 2.24) is 9.80 Å². The van der Waals surface area contributed by atoms with E-state index in [1.54, 1.807) is 19.1 Å². The first kappa shape index (κ1) is 22.0. The van der Waals surface area contributed by atoms with Crippen LogP contribution in [-0.4, -0.2) is 49.1 Å². The molecule has 0 aromatic heterocycles. The molecule has 2 aliphatic heterocycles. The van der Waals surface area contributed by atoms with Crippen molar-refractivity contribution in [3.8, 4) is 17.2 Å². The lowest BCUT2D eigenvalue weighted by atomic mass is 9.92. The van der Waals surface area contributed by atoms with Crippen LogP contribution in [0, 0.1) is 5.92 Å². The Morgan fingerprint density at radius 2 is 1.91 bits per heavy atom. The molecule has 2 aromatic carbocycles. The lowest BCUT2D eigenvalue weighted by Gasteiger charge is -2.30. The van der Waals surface area contributed by atoms with Crippen molar-refractivity contribution in [2.75, 3.05) is 27.5 Å². The monoisotopic (exact) mass is 438 g/mol. The Labute approximate surface area is 188 Å². The minimum Gasteiger partial charge on any atom is -0.497 e. The molecule has 0 unspecified atom stereocenters. The van der Waals surface area contributed by atoms with Crippen molar-refractivity contribution >= 4 is 11.8 Å². The van der Waals surface area contributed by atoms with E-state index in [4.69, 9.17) is 14.2 Å². The summed E-state index contributed by atoms with van der Waals surface area (Å²) in [5.74, 6) is 1.74. The number of fused-ring (bicyclic) bond motifs is 1. The Morgan fingerprint density at radius 1 is 1.16 bits per heavy atom. The van der Waals surface area contributed by atoms with Crippen molar-refractivity contribution in [3.05, 3.63) is 53.6 Å². The minimum atomic E-state index is -0.424. The predicted molar refractivity (Wildman–Crippen MR) is 120 cm³/mol. The molecule has 2 atom stereocenters. The van der Waals surface area contributed by atoms with Crippen molar-refractivity contribution in [1.29, 1.82) is 0 Å². The molecule has 2 amide bonds. The third kappa shape index (κ3) is 4.38. The van der Waals surface area contributed by atoms with E-state index in [1.165, 1.54) is 0 Å². The predicted octanol–water partition coefficient (Wildman–Crippen LogP) is 3.77. The second kappa shape index (κ2) is 9.51. The molecular weight excluding hydrogens is 408 g/mol. The number of rotatable bonds is 8.